The zero-order chi connectivity index (χ0) is 38.2. The summed E-state index contributed by atoms with van der Waals surface area (Å²) in [5.41, 5.74) is -1.03. The quantitative estimate of drug-likeness (QED) is 0.175. The van der Waals surface area contributed by atoms with Crippen molar-refractivity contribution in [1.82, 2.24) is 9.80 Å². The van der Waals surface area contributed by atoms with Gasteiger partial charge in [-0.05, 0) is 85.8 Å². The van der Waals surface area contributed by atoms with E-state index >= 15 is 0 Å². The minimum Gasteiger partial charge on any atom is -0.459 e. The lowest BCUT2D eigenvalue weighted by Crippen LogP contribution is -2.44. The van der Waals surface area contributed by atoms with Crippen LogP contribution in [0.2, 0.25) is 0 Å². The Morgan fingerprint density at radius 2 is 1.29 bits per heavy atom. The van der Waals surface area contributed by atoms with Gasteiger partial charge in [0.15, 0.2) is 0 Å². The number of aliphatic hydroxyl groups excluding tert-OH is 1. The molecule has 2 amide bonds. The number of esters is 2. The molecule has 2 aliphatic rings. The van der Waals surface area contributed by atoms with Gasteiger partial charge in [-0.3, -0.25) is 19.2 Å². The van der Waals surface area contributed by atoms with Crippen LogP contribution in [-0.2, 0) is 28.7 Å². The van der Waals surface area contributed by atoms with Gasteiger partial charge in [0.05, 0.1) is 17.5 Å². The number of aliphatic hydroxyl groups is 1. The average Bonchev–Trinajstić information content (AvgIpc) is 3.55. The van der Waals surface area contributed by atoms with Crippen LogP contribution in [0.5, 0.6) is 0 Å². The van der Waals surface area contributed by atoms with Crippen LogP contribution in [0.4, 0.5) is 0 Å². The van der Waals surface area contributed by atoms with Crippen molar-refractivity contribution in [2.45, 2.75) is 130 Å². The number of benzene rings is 2. The highest BCUT2D eigenvalue weighted by molar-refractivity contribution is 6.33. The highest BCUT2D eigenvalue weighted by atomic mass is 35.5. The molecule has 0 aliphatic carbocycles. The smallest absolute Gasteiger partial charge is 0.316 e. The van der Waals surface area contributed by atoms with Crippen molar-refractivity contribution in [3.63, 3.8) is 0 Å². The molecule has 2 aliphatic heterocycles. The van der Waals surface area contributed by atoms with Gasteiger partial charge in [0.2, 0.25) is 11.8 Å². The van der Waals surface area contributed by atoms with Crippen molar-refractivity contribution >= 4 is 35.4 Å². The first-order valence-electron chi connectivity index (χ1n) is 18.2. The number of nitrogens with zero attached hydrogens (tertiary/aromatic N) is 2. The number of rotatable bonds is 12. The Kier molecular flexibility index (Phi) is 14.3. The topological polar surface area (TPSA) is 113 Å². The van der Waals surface area contributed by atoms with E-state index in [4.69, 9.17) is 21.1 Å². The van der Waals surface area contributed by atoms with E-state index in [-0.39, 0.29) is 49.4 Å². The van der Waals surface area contributed by atoms with E-state index in [0.29, 0.717) is 25.8 Å². The molecule has 1 unspecified atom stereocenters. The summed E-state index contributed by atoms with van der Waals surface area (Å²) in [4.78, 5) is 55.1. The molecule has 2 heterocycles. The molecule has 0 radical (unpaired) electrons. The molecule has 10 heteroatoms. The normalized spacial score (nSPS) is 23.4. The molecular weight excluding hydrogens is 668 g/mol. The summed E-state index contributed by atoms with van der Waals surface area (Å²) >= 11 is 6.50. The first-order chi connectivity index (χ1) is 23.8. The summed E-state index contributed by atoms with van der Waals surface area (Å²) in [5.74, 6) is -0.941. The third-order valence-corrected chi connectivity index (χ3v) is 10.3. The van der Waals surface area contributed by atoms with Crippen LogP contribution in [0.1, 0.15) is 124 Å². The Morgan fingerprint density at radius 1 is 0.804 bits per heavy atom. The second kappa shape index (κ2) is 17.4. The van der Waals surface area contributed by atoms with Gasteiger partial charge in [0.1, 0.15) is 22.0 Å². The molecule has 51 heavy (non-hydrogen) atoms. The highest BCUT2D eigenvalue weighted by Gasteiger charge is 2.58. The molecule has 0 spiro atoms. The molecule has 2 saturated heterocycles. The Balaban J connectivity index is 0.000000276. The first kappa shape index (κ1) is 42.0. The summed E-state index contributed by atoms with van der Waals surface area (Å²) in [6.45, 7) is 17.6. The van der Waals surface area contributed by atoms with Gasteiger partial charge >= 0.3 is 11.9 Å². The molecule has 0 bridgehead atoms. The Labute approximate surface area is 310 Å². The summed E-state index contributed by atoms with van der Waals surface area (Å²) in [5, 5.41) is 8.26. The largest absolute Gasteiger partial charge is 0.459 e. The standard InChI is InChI=1S/C21H31NO3.C20H28ClNO4/c1-6-7-13-21(19(24)25-20(3,4)5)14-18(23)22(15-21)16(2)17-11-9-8-10-12-17;1-14(15-9-6-5-7-10-15)22-13-20(11-8-12-23,16(21)17(22)24)18(25)26-19(2,3)4/h8-12,16H,6-7,13-15H2,1-5H3;5-7,9-10,14,16,23H,8,11-13H2,1-4H3/t16-,21+;14-,16?,20-/m11/s1. The van der Waals surface area contributed by atoms with Crippen molar-refractivity contribution in [2.24, 2.45) is 10.8 Å². The maximum Gasteiger partial charge on any atom is 0.316 e. The molecule has 5 atom stereocenters. The van der Waals surface area contributed by atoms with Crippen molar-refractivity contribution in [1.29, 1.82) is 0 Å². The maximum atomic E-state index is 13.0. The summed E-state index contributed by atoms with van der Waals surface area (Å²) in [6, 6.07) is 19.4. The van der Waals surface area contributed by atoms with Crippen LogP contribution in [0, 0.1) is 10.8 Å². The molecule has 2 aromatic rings. The number of carbonyl (C=O) groups excluding carboxylic acids is 4. The predicted octanol–water partition coefficient (Wildman–Crippen LogP) is 7.80. The number of halogens is 1. The number of amides is 2. The van der Waals surface area contributed by atoms with Gasteiger partial charge < -0.3 is 24.4 Å². The minimum atomic E-state index is -1.16. The number of ether oxygens (including phenoxy) is 2. The van der Waals surface area contributed by atoms with Gasteiger partial charge in [-0.1, -0.05) is 80.4 Å². The van der Waals surface area contributed by atoms with Gasteiger partial charge in [-0.25, -0.2) is 0 Å². The number of carbonyl (C=O) groups is 4. The molecule has 0 aromatic heterocycles. The molecular formula is C41H59ClN2O7. The SMILES string of the molecule is CCCC[C@]1(C(=O)OC(C)(C)C)CC(=O)N([C@H](C)c2ccccc2)C1.C[C@H](c1ccccc1)N1C[C@@](CCCO)(C(=O)OC(C)(C)C)C(Cl)C1=O. The van der Waals surface area contributed by atoms with Crippen LogP contribution in [-0.4, -0.2) is 74.9 Å². The summed E-state index contributed by atoms with van der Waals surface area (Å²) in [6.07, 6.45) is 3.54. The van der Waals surface area contributed by atoms with Crippen molar-refractivity contribution in [3.8, 4) is 0 Å². The lowest BCUT2D eigenvalue weighted by atomic mass is 9.81. The monoisotopic (exact) mass is 726 g/mol. The van der Waals surface area contributed by atoms with Gasteiger partial charge in [0, 0.05) is 26.1 Å². The van der Waals surface area contributed by atoms with E-state index in [1.165, 1.54) is 0 Å². The minimum absolute atomic E-state index is 0.0401. The average molecular weight is 727 g/mol. The van der Waals surface area contributed by atoms with Crippen molar-refractivity contribution in [3.05, 3.63) is 71.8 Å². The number of likely N-dealkylation sites (tertiary alicyclic amines) is 2. The molecule has 9 nitrogen and oxygen atoms in total. The highest BCUT2D eigenvalue weighted by Crippen LogP contribution is 2.45. The lowest BCUT2D eigenvalue weighted by molar-refractivity contribution is -0.168. The second-order valence-electron chi connectivity index (χ2n) is 16.1. The molecule has 0 saturated carbocycles. The molecule has 1 N–H and O–H groups in total. The summed E-state index contributed by atoms with van der Waals surface area (Å²) < 4.78 is 11.3. The van der Waals surface area contributed by atoms with E-state index in [1.807, 2.05) is 100 Å². The number of unbranched alkanes of at least 4 members (excludes halogenated alkanes) is 1. The summed E-state index contributed by atoms with van der Waals surface area (Å²) in [7, 11) is 0. The lowest BCUT2D eigenvalue weighted by Gasteiger charge is -2.33. The van der Waals surface area contributed by atoms with Gasteiger partial charge in [-0.15, -0.1) is 11.6 Å². The van der Waals surface area contributed by atoms with E-state index < -0.39 is 33.4 Å². The fourth-order valence-corrected chi connectivity index (χ4v) is 7.16. The Morgan fingerprint density at radius 3 is 1.76 bits per heavy atom. The van der Waals surface area contributed by atoms with E-state index in [0.717, 1.165) is 24.0 Å². The van der Waals surface area contributed by atoms with Crippen LogP contribution in [0.15, 0.2) is 60.7 Å². The fraction of sp³-hybridized carbons (Fsp3) is 0.610. The number of hydrogen-bond donors (Lipinski definition) is 1. The third-order valence-electron chi connectivity index (χ3n) is 9.65. The Hall–Kier alpha value is -3.43. The van der Waals surface area contributed by atoms with Crippen molar-refractivity contribution in [2.75, 3.05) is 19.7 Å². The molecule has 4 rings (SSSR count). The number of alkyl halides is 1. The van der Waals surface area contributed by atoms with Crippen LogP contribution >= 0.6 is 11.6 Å². The van der Waals surface area contributed by atoms with Crippen LogP contribution in [0.3, 0.4) is 0 Å². The molecule has 2 aromatic carbocycles. The van der Waals surface area contributed by atoms with E-state index in [9.17, 15) is 24.3 Å². The predicted molar refractivity (Wildman–Crippen MR) is 200 cm³/mol. The van der Waals surface area contributed by atoms with Gasteiger partial charge in [0.25, 0.3) is 0 Å². The molecule has 282 valence electrons. The third kappa shape index (κ3) is 10.6. The fourth-order valence-electron chi connectivity index (χ4n) is 6.77. The van der Waals surface area contributed by atoms with Crippen LogP contribution < -0.4 is 0 Å². The van der Waals surface area contributed by atoms with Crippen molar-refractivity contribution < 1.29 is 33.8 Å². The van der Waals surface area contributed by atoms with Gasteiger partial charge in [-0.2, -0.15) is 0 Å². The second-order valence-corrected chi connectivity index (χ2v) is 16.5. The molecule has 2 fully saturated rings. The Bertz CT molecular complexity index is 1470. The first-order valence-corrected chi connectivity index (χ1v) is 18.7. The van der Waals surface area contributed by atoms with Crippen LogP contribution in [0.25, 0.3) is 0 Å². The zero-order valence-electron chi connectivity index (χ0n) is 32.0. The maximum absolute atomic E-state index is 13.0. The van der Waals surface area contributed by atoms with E-state index in [2.05, 4.69) is 6.92 Å². The number of hydrogen-bond acceptors (Lipinski definition) is 7. The zero-order valence-corrected chi connectivity index (χ0v) is 32.8. The van der Waals surface area contributed by atoms with E-state index in [1.54, 1.807) is 25.7 Å².